The van der Waals surface area contributed by atoms with Gasteiger partial charge in [0.15, 0.2) is 0 Å². The van der Waals surface area contributed by atoms with Crippen molar-refractivity contribution in [1.82, 2.24) is 0 Å². The van der Waals surface area contributed by atoms with Gasteiger partial charge >= 0.3 is 0 Å². The van der Waals surface area contributed by atoms with E-state index in [-0.39, 0.29) is 24.1 Å². The van der Waals surface area contributed by atoms with Gasteiger partial charge in [0, 0.05) is 31.6 Å². The van der Waals surface area contributed by atoms with Gasteiger partial charge in [-0.15, -0.1) is 0 Å². The molecule has 1 heterocycles. The molecule has 1 atom stereocenters. The summed E-state index contributed by atoms with van der Waals surface area (Å²) in [6.45, 7) is 1.71. The number of hydrogen-bond acceptors (Lipinski definition) is 4. The van der Waals surface area contributed by atoms with Crippen LogP contribution in [0.4, 0.5) is 17.1 Å². The van der Waals surface area contributed by atoms with Gasteiger partial charge in [-0.2, -0.15) is 0 Å². The Kier molecular flexibility index (Phi) is 5.40. The van der Waals surface area contributed by atoms with Crippen LogP contribution >= 0.6 is 0 Å². The van der Waals surface area contributed by atoms with Crippen LogP contribution in [0.3, 0.4) is 0 Å². The Morgan fingerprint density at radius 2 is 1.81 bits per heavy atom. The van der Waals surface area contributed by atoms with Crippen LogP contribution in [0.2, 0.25) is 0 Å². The van der Waals surface area contributed by atoms with Crippen molar-refractivity contribution in [2.24, 2.45) is 5.92 Å². The number of para-hydroxylation sites is 1. The molecule has 2 aromatic rings. The number of anilines is 3. The zero-order valence-corrected chi connectivity index (χ0v) is 15.2. The van der Waals surface area contributed by atoms with Crippen LogP contribution in [0.15, 0.2) is 48.5 Å². The summed E-state index contributed by atoms with van der Waals surface area (Å²) in [5.74, 6) is -0.542. The molecule has 1 saturated heterocycles. The lowest BCUT2D eigenvalue weighted by atomic mass is 10.1. The summed E-state index contributed by atoms with van der Waals surface area (Å²) >= 11 is 0. The second-order valence-electron chi connectivity index (χ2n) is 6.32. The van der Waals surface area contributed by atoms with Crippen LogP contribution in [-0.4, -0.2) is 31.4 Å². The predicted octanol–water partition coefficient (Wildman–Crippen LogP) is 2.65. The van der Waals surface area contributed by atoms with Crippen molar-refractivity contribution in [2.45, 2.75) is 13.3 Å². The van der Waals surface area contributed by atoms with E-state index >= 15 is 0 Å². The molecular weight excluding hydrogens is 346 g/mol. The molecule has 0 spiro atoms. The van der Waals surface area contributed by atoms with Crippen LogP contribution < -0.4 is 20.3 Å². The Bertz CT molecular complexity index is 867. The maximum atomic E-state index is 12.7. The summed E-state index contributed by atoms with van der Waals surface area (Å²) in [5, 5.41) is 5.49. The van der Waals surface area contributed by atoms with Crippen molar-refractivity contribution in [1.29, 1.82) is 0 Å². The number of hydrogen-bond donors (Lipinski definition) is 2. The summed E-state index contributed by atoms with van der Waals surface area (Å²) in [7, 11) is 1.52. The Morgan fingerprint density at radius 3 is 2.48 bits per heavy atom. The number of carbonyl (C=O) groups excluding carboxylic acids is 3. The highest BCUT2D eigenvalue weighted by Gasteiger charge is 2.35. The van der Waals surface area contributed by atoms with Crippen LogP contribution in [0, 0.1) is 5.92 Å². The van der Waals surface area contributed by atoms with Crippen molar-refractivity contribution < 1.29 is 19.1 Å². The van der Waals surface area contributed by atoms with Gasteiger partial charge in [0.25, 0.3) is 0 Å². The quantitative estimate of drug-likeness (QED) is 0.850. The predicted molar refractivity (Wildman–Crippen MR) is 103 cm³/mol. The Morgan fingerprint density at radius 1 is 1.07 bits per heavy atom. The molecule has 3 rings (SSSR count). The summed E-state index contributed by atoms with van der Waals surface area (Å²) in [6.07, 6.45) is 0.139. The van der Waals surface area contributed by atoms with Crippen molar-refractivity contribution in [3.63, 3.8) is 0 Å². The molecule has 0 aromatic heterocycles. The van der Waals surface area contributed by atoms with E-state index in [0.29, 0.717) is 23.7 Å². The molecule has 0 radical (unpaired) electrons. The minimum absolute atomic E-state index is 0.0888. The molecule has 1 unspecified atom stereocenters. The number of amides is 3. The van der Waals surface area contributed by atoms with Crippen LogP contribution in [0.5, 0.6) is 5.75 Å². The third-order valence-electron chi connectivity index (χ3n) is 4.36. The highest BCUT2D eigenvalue weighted by Crippen LogP contribution is 2.30. The standard InChI is InChI=1S/C20H21N3O4/c1-13(24)21-17-9-8-16(27-2)11-18(17)22-20(26)14-10-19(25)23(12-14)15-6-4-3-5-7-15/h3-9,11,14H,10,12H2,1-2H3,(H,21,24)(H,22,26). The van der Waals surface area contributed by atoms with E-state index in [9.17, 15) is 14.4 Å². The number of ether oxygens (including phenoxy) is 1. The van der Waals surface area contributed by atoms with Gasteiger partial charge in [0.05, 0.1) is 24.4 Å². The Hall–Kier alpha value is -3.35. The van der Waals surface area contributed by atoms with E-state index in [1.54, 1.807) is 23.1 Å². The van der Waals surface area contributed by atoms with Gasteiger partial charge in [-0.1, -0.05) is 18.2 Å². The minimum atomic E-state index is -0.478. The van der Waals surface area contributed by atoms with Gasteiger partial charge < -0.3 is 20.3 Å². The monoisotopic (exact) mass is 367 g/mol. The second-order valence-corrected chi connectivity index (χ2v) is 6.32. The maximum Gasteiger partial charge on any atom is 0.229 e. The van der Waals surface area contributed by atoms with Crippen molar-refractivity contribution in [2.75, 3.05) is 29.2 Å². The van der Waals surface area contributed by atoms with E-state index in [1.807, 2.05) is 30.3 Å². The highest BCUT2D eigenvalue weighted by molar-refractivity contribution is 6.05. The largest absolute Gasteiger partial charge is 0.497 e. The fraction of sp³-hybridized carbons (Fsp3) is 0.250. The number of nitrogens with one attached hydrogen (secondary N) is 2. The average Bonchev–Trinajstić information content (AvgIpc) is 3.05. The molecule has 1 fully saturated rings. The van der Waals surface area contributed by atoms with Crippen molar-refractivity contribution in [3.05, 3.63) is 48.5 Å². The van der Waals surface area contributed by atoms with E-state index in [4.69, 9.17) is 4.74 Å². The maximum absolute atomic E-state index is 12.7. The lowest BCUT2D eigenvalue weighted by molar-refractivity contribution is -0.122. The summed E-state index contributed by atoms with van der Waals surface area (Å²) < 4.78 is 5.19. The molecule has 7 nitrogen and oxygen atoms in total. The van der Waals surface area contributed by atoms with Crippen LogP contribution in [-0.2, 0) is 14.4 Å². The van der Waals surface area contributed by atoms with Crippen LogP contribution in [0.1, 0.15) is 13.3 Å². The first-order valence-electron chi connectivity index (χ1n) is 8.60. The van der Waals surface area contributed by atoms with Gasteiger partial charge in [-0.3, -0.25) is 14.4 Å². The first-order chi connectivity index (χ1) is 13.0. The number of carbonyl (C=O) groups is 3. The zero-order chi connectivity index (χ0) is 19.4. The van der Waals surface area contributed by atoms with Crippen LogP contribution in [0.25, 0.3) is 0 Å². The first kappa shape index (κ1) is 18.4. The van der Waals surface area contributed by atoms with Gasteiger partial charge in [-0.25, -0.2) is 0 Å². The fourth-order valence-electron chi connectivity index (χ4n) is 3.03. The summed E-state index contributed by atoms with van der Waals surface area (Å²) in [6, 6.07) is 14.3. The molecule has 1 aliphatic rings. The number of benzene rings is 2. The SMILES string of the molecule is COc1ccc(NC(C)=O)c(NC(=O)C2CC(=O)N(c3ccccc3)C2)c1. The third-order valence-corrected chi connectivity index (χ3v) is 4.36. The molecule has 2 aromatic carbocycles. The second kappa shape index (κ2) is 7.90. The minimum Gasteiger partial charge on any atom is -0.497 e. The van der Waals surface area contributed by atoms with E-state index in [2.05, 4.69) is 10.6 Å². The number of nitrogens with zero attached hydrogens (tertiary/aromatic N) is 1. The summed E-state index contributed by atoms with van der Waals surface area (Å²) in [4.78, 5) is 38.1. The normalized spacial score (nSPS) is 16.1. The topological polar surface area (TPSA) is 87.7 Å². The van der Waals surface area contributed by atoms with E-state index < -0.39 is 5.92 Å². The lowest BCUT2D eigenvalue weighted by Gasteiger charge is -2.17. The fourth-order valence-corrected chi connectivity index (χ4v) is 3.03. The smallest absolute Gasteiger partial charge is 0.229 e. The molecule has 1 aliphatic heterocycles. The molecule has 7 heteroatoms. The Labute approximate surface area is 157 Å². The average molecular weight is 367 g/mol. The molecular formula is C20H21N3O4. The van der Waals surface area contributed by atoms with Crippen molar-refractivity contribution >= 4 is 34.8 Å². The number of methoxy groups -OCH3 is 1. The Balaban J connectivity index is 1.76. The molecule has 27 heavy (non-hydrogen) atoms. The first-order valence-corrected chi connectivity index (χ1v) is 8.60. The van der Waals surface area contributed by atoms with Gasteiger partial charge in [0.1, 0.15) is 5.75 Å². The lowest BCUT2D eigenvalue weighted by Crippen LogP contribution is -2.28. The van der Waals surface area contributed by atoms with Crippen molar-refractivity contribution in [3.8, 4) is 5.75 Å². The number of rotatable bonds is 5. The molecule has 0 aliphatic carbocycles. The molecule has 0 bridgehead atoms. The van der Waals surface area contributed by atoms with E-state index in [0.717, 1.165) is 5.69 Å². The zero-order valence-electron chi connectivity index (χ0n) is 15.2. The molecule has 3 amide bonds. The molecule has 140 valence electrons. The third kappa shape index (κ3) is 4.25. The summed E-state index contributed by atoms with van der Waals surface area (Å²) in [5.41, 5.74) is 1.68. The van der Waals surface area contributed by atoms with Gasteiger partial charge in [-0.05, 0) is 24.3 Å². The van der Waals surface area contributed by atoms with Gasteiger partial charge in [0.2, 0.25) is 17.7 Å². The van der Waals surface area contributed by atoms with E-state index in [1.165, 1.54) is 14.0 Å². The molecule has 0 saturated carbocycles. The highest BCUT2D eigenvalue weighted by atomic mass is 16.5. The molecule has 2 N–H and O–H groups in total.